The zero-order chi connectivity index (χ0) is 14.6. The second-order valence-electron chi connectivity index (χ2n) is 4.76. The molecule has 0 amide bonds. The number of hydrogen-bond acceptors (Lipinski definition) is 5. The quantitative estimate of drug-likeness (QED) is 0.692. The largest absolute Gasteiger partial charge is 0.480 e. The Morgan fingerprint density at radius 1 is 1.32 bits per heavy atom. The van der Waals surface area contributed by atoms with Gasteiger partial charge in [-0.1, -0.05) is 5.57 Å². The first-order valence-corrected chi connectivity index (χ1v) is 7.60. The van der Waals surface area contributed by atoms with Gasteiger partial charge >= 0.3 is 5.97 Å². The van der Waals surface area contributed by atoms with Gasteiger partial charge < -0.3 is 10.8 Å². The molecule has 0 saturated carbocycles. The van der Waals surface area contributed by atoms with Crippen molar-refractivity contribution in [2.45, 2.75) is 19.9 Å². The molecule has 1 aliphatic heterocycles. The summed E-state index contributed by atoms with van der Waals surface area (Å²) >= 11 is 0. The minimum absolute atomic E-state index is 0.0239. The molecule has 8 heteroatoms. The van der Waals surface area contributed by atoms with E-state index in [9.17, 15) is 13.2 Å². The van der Waals surface area contributed by atoms with Crippen molar-refractivity contribution in [2.24, 2.45) is 5.73 Å². The van der Waals surface area contributed by atoms with E-state index in [0.29, 0.717) is 18.7 Å². The molecule has 0 unspecified atom stereocenters. The Balaban J connectivity index is 2.68. The Morgan fingerprint density at radius 2 is 1.84 bits per heavy atom. The summed E-state index contributed by atoms with van der Waals surface area (Å²) in [5.74, 6) is -0.969. The first-order chi connectivity index (χ1) is 8.77. The van der Waals surface area contributed by atoms with E-state index in [1.807, 2.05) is 0 Å². The predicted molar refractivity (Wildman–Crippen MR) is 72.0 cm³/mol. The summed E-state index contributed by atoms with van der Waals surface area (Å²) in [5, 5.41) is 10.2. The number of sulfonamides is 1. The van der Waals surface area contributed by atoms with Crippen molar-refractivity contribution in [3.8, 4) is 0 Å². The van der Waals surface area contributed by atoms with Crippen LogP contribution in [0, 0.1) is 0 Å². The third kappa shape index (κ3) is 4.27. The molecule has 1 rings (SSSR count). The molecule has 110 valence electrons. The molecule has 0 bridgehead atoms. The van der Waals surface area contributed by atoms with Crippen molar-refractivity contribution < 1.29 is 18.3 Å². The molecule has 0 aromatic heterocycles. The molecule has 0 aliphatic carbocycles. The van der Waals surface area contributed by atoms with Crippen LogP contribution in [0.4, 0.5) is 0 Å². The average molecular weight is 291 g/mol. The van der Waals surface area contributed by atoms with Gasteiger partial charge in [0.15, 0.2) is 0 Å². The van der Waals surface area contributed by atoms with E-state index in [4.69, 9.17) is 10.8 Å². The number of carbonyl (C=O) groups is 1. The maximum atomic E-state index is 12.0. The highest BCUT2D eigenvalue weighted by atomic mass is 32.2. The van der Waals surface area contributed by atoms with Crippen LogP contribution in [0.3, 0.4) is 0 Å². The smallest absolute Gasteiger partial charge is 0.322 e. The van der Waals surface area contributed by atoms with Crippen molar-refractivity contribution in [3.05, 3.63) is 11.0 Å². The highest BCUT2D eigenvalue weighted by Crippen LogP contribution is 2.12. The average Bonchev–Trinajstić information content (AvgIpc) is 2.28. The van der Waals surface area contributed by atoms with Gasteiger partial charge in [0, 0.05) is 38.1 Å². The van der Waals surface area contributed by atoms with Gasteiger partial charge in [-0.3, -0.25) is 9.69 Å². The Hall–Kier alpha value is -0.960. The Labute approximate surface area is 113 Å². The summed E-state index contributed by atoms with van der Waals surface area (Å²) in [5.41, 5.74) is 6.14. The minimum Gasteiger partial charge on any atom is -0.480 e. The lowest BCUT2D eigenvalue weighted by molar-refractivity contribution is -0.143. The summed E-state index contributed by atoms with van der Waals surface area (Å²) in [7, 11) is -3.39. The molecular weight excluding hydrogens is 270 g/mol. The van der Waals surface area contributed by atoms with Gasteiger partial charge in [-0.05, 0) is 13.8 Å². The minimum atomic E-state index is -3.39. The van der Waals surface area contributed by atoms with Crippen LogP contribution >= 0.6 is 0 Å². The van der Waals surface area contributed by atoms with Crippen LogP contribution in [0.25, 0.3) is 0 Å². The fourth-order valence-electron chi connectivity index (χ4n) is 2.05. The van der Waals surface area contributed by atoms with E-state index >= 15 is 0 Å². The first kappa shape index (κ1) is 16.1. The monoisotopic (exact) mass is 291 g/mol. The Bertz CT molecular complexity index is 449. The lowest BCUT2D eigenvalue weighted by atomic mass is 10.2. The third-order valence-electron chi connectivity index (χ3n) is 2.97. The summed E-state index contributed by atoms with van der Waals surface area (Å²) in [4.78, 5) is 12.7. The number of piperazine rings is 1. The van der Waals surface area contributed by atoms with Gasteiger partial charge in [0.2, 0.25) is 10.0 Å². The SMILES string of the molecule is CC(C)=CS(=O)(=O)N1CCN([C@@H](CN)C(=O)O)CC1. The molecule has 0 radical (unpaired) electrons. The second-order valence-corrected chi connectivity index (χ2v) is 6.55. The van der Waals surface area contributed by atoms with Crippen molar-refractivity contribution in [2.75, 3.05) is 32.7 Å². The number of hydrogen-bond donors (Lipinski definition) is 2. The van der Waals surface area contributed by atoms with Gasteiger partial charge in [0.25, 0.3) is 0 Å². The predicted octanol–water partition coefficient (Wildman–Crippen LogP) is -0.731. The van der Waals surface area contributed by atoms with E-state index < -0.39 is 22.0 Å². The van der Waals surface area contributed by atoms with Crippen LogP contribution in [0.2, 0.25) is 0 Å². The molecule has 3 N–H and O–H groups in total. The van der Waals surface area contributed by atoms with Gasteiger partial charge in [-0.25, -0.2) is 8.42 Å². The second kappa shape index (κ2) is 6.47. The molecule has 1 saturated heterocycles. The number of nitrogens with two attached hydrogens (primary N) is 1. The number of carboxylic acids is 1. The van der Waals surface area contributed by atoms with E-state index in [0.717, 1.165) is 0 Å². The molecule has 19 heavy (non-hydrogen) atoms. The van der Waals surface area contributed by atoms with E-state index in [1.165, 1.54) is 9.71 Å². The number of rotatable bonds is 5. The summed E-state index contributed by atoms with van der Waals surface area (Å²) in [6, 6.07) is -0.742. The molecule has 0 aromatic carbocycles. The molecule has 0 aromatic rings. The Kier molecular flexibility index (Phi) is 5.48. The van der Waals surface area contributed by atoms with E-state index in [1.54, 1.807) is 18.7 Å². The van der Waals surface area contributed by atoms with Crippen LogP contribution in [-0.2, 0) is 14.8 Å². The van der Waals surface area contributed by atoms with Gasteiger partial charge in [-0.15, -0.1) is 0 Å². The summed E-state index contributed by atoms with van der Waals surface area (Å²) in [6.45, 7) is 4.81. The number of aliphatic carboxylic acids is 1. The normalized spacial score (nSPS) is 19.9. The van der Waals surface area contributed by atoms with Crippen molar-refractivity contribution in [1.82, 2.24) is 9.21 Å². The fourth-order valence-corrected chi connectivity index (χ4v) is 3.47. The molecular formula is C11H21N3O4S. The number of carboxylic acid groups (broad SMARTS) is 1. The molecule has 7 nitrogen and oxygen atoms in total. The molecule has 0 spiro atoms. The summed E-state index contributed by atoms with van der Waals surface area (Å²) in [6.07, 6.45) is 0. The van der Waals surface area contributed by atoms with Gasteiger partial charge in [-0.2, -0.15) is 4.31 Å². The molecule has 1 fully saturated rings. The zero-order valence-corrected chi connectivity index (χ0v) is 12.1. The van der Waals surface area contributed by atoms with Crippen molar-refractivity contribution >= 4 is 16.0 Å². The standard InChI is InChI=1S/C11H21N3O4S/c1-9(2)8-19(17,18)14-5-3-13(4-6-14)10(7-12)11(15)16/h8,10H,3-7,12H2,1-2H3,(H,15,16)/t10-/m0/s1. The van der Waals surface area contributed by atoms with Gasteiger partial charge in [0.1, 0.15) is 6.04 Å². The number of nitrogens with zero attached hydrogens (tertiary/aromatic N) is 2. The topological polar surface area (TPSA) is 104 Å². The van der Waals surface area contributed by atoms with E-state index in [-0.39, 0.29) is 19.6 Å². The van der Waals surface area contributed by atoms with Crippen LogP contribution < -0.4 is 5.73 Å². The van der Waals surface area contributed by atoms with Crippen LogP contribution in [0.1, 0.15) is 13.8 Å². The fraction of sp³-hybridized carbons (Fsp3) is 0.727. The zero-order valence-electron chi connectivity index (χ0n) is 11.2. The van der Waals surface area contributed by atoms with Crippen LogP contribution in [0.5, 0.6) is 0 Å². The highest BCUT2D eigenvalue weighted by Gasteiger charge is 2.31. The number of allylic oxidation sites excluding steroid dienone is 1. The lowest BCUT2D eigenvalue weighted by Gasteiger charge is -2.36. The maximum absolute atomic E-state index is 12.0. The van der Waals surface area contributed by atoms with Crippen molar-refractivity contribution in [1.29, 1.82) is 0 Å². The van der Waals surface area contributed by atoms with Crippen LogP contribution in [-0.4, -0.2) is 67.5 Å². The van der Waals surface area contributed by atoms with Crippen LogP contribution in [0.15, 0.2) is 11.0 Å². The molecule has 1 heterocycles. The van der Waals surface area contributed by atoms with Gasteiger partial charge in [0.05, 0.1) is 0 Å². The molecule has 1 aliphatic rings. The first-order valence-electron chi connectivity index (χ1n) is 6.10. The lowest BCUT2D eigenvalue weighted by Crippen LogP contribution is -2.55. The third-order valence-corrected chi connectivity index (χ3v) is 4.82. The maximum Gasteiger partial charge on any atom is 0.322 e. The Morgan fingerprint density at radius 3 is 2.21 bits per heavy atom. The summed E-state index contributed by atoms with van der Waals surface area (Å²) < 4.78 is 25.3. The van der Waals surface area contributed by atoms with E-state index in [2.05, 4.69) is 0 Å². The molecule has 1 atom stereocenters. The highest BCUT2D eigenvalue weighted by molar-refractivity contribution is 7.92. The van der Waals surface area contributed by atoms with Crippen molar-refractivity contribution in [3.63, 3.8) is 0 Å².